The molecule has 0 bridgehead atoms. The highest BCUT2D eigenvalue weighted by atomic mass is 16.1. The molecular weight excluding hydrogens is 218 g/mol. The molecule has 3 aromatic rings. The van der Waals surface area contributed by atoms with Crippen LogP contribution in [0.1, 0.15) is 0 Å². The number of aromatic nitrogens is 5. The van der Waals surface area contributed by atoms with E-state index in [2.05, 4.69) is 15.1 Å². The molecule has 0 saturated carbocycles. The molecular formula is C11H9N5O. The summed E-state index contributed by atoms with van der Waals surface area (Å²) in [7, 11) is 1.82. The zero-order chi connectivity index (χ0) is 11.8. The Labute approximate surface area is 96.2 Å². The van der Waals surface area contributed by atoms with E-state index in [4.69, 9.17) is 0 Å². The SMILES string of the molecule is Cn1ccc(=O)n2nc(-c3ccncc3)nc12. The van der Waals surface area contributed by atoms with Gasteiger partial charge in [0.25, 0.3) is 5.56 Å². The number of fused-ring (bicyclic) bond motifs is 1. The van der Waals surface area contributed by atoms with Gasteiger partial charge in [-0.05, 0) is 12.1 Å². The summed E-state index contributed by atoms with van der Waals surface area (Å²) < 4.78 is 3.04. The van der Waals surface area contributed by atoms with Crippen LogP contribution in [0.5, 0.6) is 0 Å². The monoisotopic (exact) mass is 227 g/mol. The van der Waals surface area contributed by atoms with Gasteiger partial charge in [-0.25, -0.2) is 0 Å². The van der Waals surface area contributed by atoms with E-state index in [-0.39, 0.29) is 5.56 Å². The van der Waals surface area contributed by atoms with E-state index in [9.17, 15) is 4.79 Å². The van der Waals surface area contributed by atoms with Gasteiger partial charge in [-0.15, -0.1) is 5.10 Å². The summed E-state index contributed by atoms with van der Waals surface area (Å²) in [5.74, 6) is 1.04. The largest absolute Gasteiger partial charge is 0.320 e. The average molecular weight is 227 g/mol. The molecule has 3 aromatic heterocycles. The van der Waals surface area contributed by atoms with Crippen LogP contribution in [0.3, 0.4) is 0 Å². The molecule has 0 fully saturated rings. The third-order valence-corrected chi connectivity index (χ3v) is 2.49. The number of pyridine rings is 1. The van der Waals surface area contributed by atoms with E-state index in [1.165, 1.54) is 10.6 Å². The van der Waals surface area contributed by atoms with Gasteiger partial charge in [0.1, 0.15) is 0 Å². The maximum atomic E-state index is 11.6. The van der Waals surface area contributed by atoms with Gasteiger partial charge in [-0.1, -0.05) is 0 Å². The van der Waals surface area contributed by atoms with Gasteiger partial charge >= 0.3 is 0 Å². The van der Waals surface area contributed by atoms with Crippen molar-refractivity contribution >= 4 is 5.78 Å². The molecule has 84 valence electrons. The molecule has 6 nitrogen and oxygen atoms in total. The minimum absolute atomic E-state index is 0.189. The first-order valence-electron chi connectivity index (χ1n) is 5.08. The van der Waals surface area contributed by atoms with E-state index in [1.807, 2.05) is 7.05 Å². The van der Waals surface area contributed by atoms with E-state index in [0.29, 0.717) is 11.6 Å². The zero-order valence-corrected chi connectivity index (χ0v) is 9.11. The average Bonchev–Trinajstić information content (AvgIpc) is 2.81. The summed E-state index contributed by atoms with van der Waals surface area (Å²) in [6.07, 6.45) is 5.00. The predicted molar refractivity (Wildman–Crippen MR) is 61.5 cm³/mol. The lowest BCUT2D eigenvalue weighted by molar-refractivity contribution is 0.819. The lowest BCUT2D eigenvalue weighted by atomic mass is 10.3. The fourth-order valence-electron chi connectivity index (χ4n) is 1.62. The van der Waals surface area contributed by atoms with E-state index in [0.717, 1.165) is 5.56 Å². The Morgan fingerprint density at radius 1 is 1.18 bits per heavy atom. The summed E-state index contributed by atoms with van der Waals surface area (Å²) in [5, 5.41) is 4.19. The Balaban J connectivity index is 2.31. The number of nitrogens with zero attached hydrogens (tertiary/aromatic N) is 5. The fraction of sp³-hybridized carbons (Fsp3) is 0.0909. The minimum atomic E-state index is -0.189. The third-order valence-electron chi connectivity index (χ3n) is 2.49. The van der Waals surface area contributed by atoms with Crippen LogP contribution in [-0.2, 0) is 7.05 Å². The topological polar surface area (TPSA) is 65.1 Å². The molecule has 0 aliphatic rings. The molecule has 6 heteroatoms. The molecule has 0 amide bonds. The Hall–Kier alpha value is -2.50. The van der Waals surface area contributed by atoms with Crippen molar-refractivity contribution in [2.75, 3.05) is 0 Å². The van der Waals surface area contributed by atoms with Gasteiger partial charge in [0.05, 0.1) is 0 Å². The van der Waals surface area contributed by atoms with Gasteiger partial charge < -0.3 is 4.57 Å². The van der Waals surface area contributed by atoms with Crippen LogP contribution in [0.2, 0.25) is 0 Å². The van der Waals surface area contributed by atoms with Crippen molar-refractivity contribution in [3.63, 3.8) is 0 Å². The van der Waals surface area contributed by atoms with Crippen LogP contribution in [0.25, 0.3) is 17.2 Å². The second-order valence-electron chi connectivity index (χ2n) is 3.65. The first kappa shape index (κ1) is 9.71. The molecule has 3 heterocycles. The molecule has 0 radical (unpaired) electrons. The molecule has 17 heavy (non-hydrogen) atoms. The predicted octanol–water partition coefficient (Wildman–Crippen LogP) is 0.490. The number of hydrogen-bond donors (Lipinski definition) is 0. The third kappa shape index (κ3) is 1.50. The van der Waals surface area contributed by atoms with Crippen LogP contribution < -0.4 is 5.56 Å². The standard InChI is InChI=1S/C11H9N5O/c1-15-7-4-9(17)16-11(15)13-10(14-16)8-2-5-12-6-3-8/h2-7H,1H3. The van der Waals surface area contributed by atoms with Crippen molar-refractivity contribution in [1.29, 1.82) is 0 Å². The van der Waals surface area contributed by atoms with E-state index < -0.39 is 0 Å². The number of rotatable bonds is 1. The zero-order valence-electron chi connectivity index (χ0n) is 9.11. The normalized spacial score (nSPS) is 10.9. The molecule has 0 N–H and O–H groups in total. The fourth-order valence-corrected chi connectivity index (χ4v) is 1.62. The molecule has 0 aromatic carbocycles. The molecule has 3 rings (SSSR count). The van der Waals surface area contributed by atoms with Crippen molar-refractivity contribution in [3.8, 4) is 11.4 Å². The Bertz CT molecular complexity index is 728. The summed E-state index contributed by atoms with van der Waals surface area (Å²) >= 11 is 0. The van der Waals surface area contributed by atoms with Crippen LogP contribution in [0.15, 0.2) is 41.6 Å². The molecule has 0 aliphatic carbocycles. The smallest absolute Gasteiger partial charge is 0.275 e. The molecule has 0 saturated heterocycles. The summed E-state index contributed by atoms with van der Waals surface area (Å²) in [4.78, 5) is 19.9. The highest BCUT2D eigenvalue weighted by Gasteiger charge is 2.09. The Kier molecular flexibility index (Phi) is 2.01. The molecule has 0 atom stereocenters. The van der Waals surface area contributed by atoms with E-state index >= 15 is 0 Å². The molecule has 0 spiro atoms. The van der Waals surface area contributed by atoms with Crippen LogP contribution in [-0.4, -0.2) is 24.1 Å². The van der Waals surface area contributed by atoms with Crippen LogP contribution >= 0.6 is 0 Å². The van der Waals surface area contributed by atoms with Gasteiger partial charge in [-0.3, -0.25) is 9.78 Å². The lowest BCUT2D eigenvalue weighted by Gasteiger charge is -1.96. The maximum absolute atomic E-state index is 11.6. The van der Waals surface area contributed by atoms with E-state index in [1.54, 1.807) is 35.3 Å². The minimum Gasteiger partial charge on any atom is -0.320 e. The van der Waals surface area contributed by atoms with Crippen molar-refractivity contribution in [3.05, 3.63) is 47.1 Å². The first-order valence-corrected chi connectivity index (χ1v) is 5.08. The number of hydrogen-bond acceptors (Lipinski definition) is 4. The first-order chi connectivity index (χ1) is 8.25. The lowest BCUT2D eigenvalue weighted by Crippen LogP contribution is -2.15. The summed E-state index contributed by atoms with van der Waals surface area (Å²) in [6.45, 7) is 0. The maximum Gasteiger partial charge on any atom is 0.275 e. The molecule has 0 unspecified atom stereocenters. The highest BCUT2D eigenvalue weighted by Crippen LogP contribution is 2.13. The van der Waals surface area contributed by atoms with Gasteiger partial charge in [0.2, 0.25) is 5.78 Å². The summed E-state index contributed by atoms with van der Waals surface area (Å²) in [5.41, 5.74) is 0.647. The van der Waals surface area contributed by atoms with Crippen LogP contribution in [0.4, 0.5) is 0 Å². The molecule has 0 aliphatic heterocycles. The van der Waals surface area contributed by atoms with Crippen LogP contribution in [0, 0.1) is 0 Å². The van der Waals surface area contributed by atoms with Crippen molar-refractivity contribution in [2.45, 2.75) is 0 Å². The number of aryl methyl sites for hydroxylation is 1. The summed E-state index contributed by atoms with van der Waals surface area (Å²) in [6, 6.07) is 5.07. The van der Waals surface area contributed by atoms with Crippen molar-refractivity contribution in [1.82, 2.24) is 24.1 Å². The second kappa shape index (κ2) is 3.51. The second-order valence-corrected chi connectivity index (χ2v) is 3.65. The highest BCUT2D eigenvalue weighted by molar-refractivity contribution is 5.55. The Morgan fingerprint density at radius 3 is 2.65 bits per heavy atom. The van der Waals surface area contributed by atoms with Gasteiger partial charge in [0.15, 0.2) is 5.82 Å². The van der Waals surface area contributed by atoms with Crippen molar-refractivity contribution < 1.29 is 0 Å². The van der Waals surface area contributed by atoms with Gasteiger partial charge in [-0.2, -0.15) is 9.50 Å². The van der Waals surface area contributed by atoms with Crippen molar-refractivity contribution in [2.24, 2.45) is 7.05 Å². The Morgan fingerprint density at radius 2 is 1.94 bits per heavy atom. The quantitative estimate of drug-likeness (QED) is 0.607. The van der Waals surface area contributed by atoms with Gasteiger partial charge in [0, 0.05) is 37.3 Å².